The highest BCUT2D eigenvalue weighted by molar-refractivity contribution is 6.35. The number of nitrogens with zero attached hydrogens (tertiary/aromatic N) is 2. The molecule has 0 saturated heterocycles. The van der Waals surface area contributed by atoms with Crippen molar-refractivity contribution in [2.45, 2.75) is 6.61 Å². The van der Waals surface area contributed by atoms with Gasteiger partial charge in [-0.15, -0.1) is 0 Å². The van der Waals surface area contributed by atoms with E-state index in [2.05, 4.69) is 14.9 Å². The van der Waals surface area contributed by atoms with Crippen LogP contribution in [-0.2, 0) is 11.3 Å². The van der Waals surface area contributed by atoms with Gasteiger partial charge in [0.25, 0.3) is 17.6 Å². The van der Waals surface area contributed by atoms with E-state index in [4.69, 9.17) is 37.9 Å². The van der Waals surface area contributed by atoms with Crippen LogP contribution in [0.4, 0.5) is 0 Å². The minimum absolute atomic E-state index is 0.0331. The Labute approximate surface area is 118 Å². The number of halogens is 2. The summed E-state index contributed by atoms with van der Waals surface area (Å²) in [5.41, 5.74) is 0. The van der Waals surface area contributed by atoms with Crippen LogP contribution in [0.5, 0.6) is 5.75 Å². The van der Waals surface area contributed by atoms with Crippen LogP contribution in [0.3, 0.4) is 0 Å². The summed E-state index contributed by atoms with van der Waals surface area (Å²) in [6.07, 6.45) is 0. The Hall–Kier alpha value is -1.79. The first-order valence-electron chi connectivity index (χ1n) is 5.13. The zero-order chi connectivity index (χ0) is 13.8. The molecule has 0 amide bonds. The Morgan fingerprint density at radius 1 is 1.42 bits per heavy atom. The van der Waals surface area contributed by atoms with Crippen molar-refractivity contribution < 1.29 is 14.0 Å². The highest BCUT2D eigenvalue weighted by atomic mass is 35.5. The second kappa shape index (κ2) is 5.90. The van der Waals surface area contributed by atoms with Crippen LogP contribution in [0.25, 0.3) is 0 Å². The molecule has 1 heterocycles. The topological polar surface area (TPSA) is 81.2 Å². The highest BCUT2D eigenvalue weighted by Crippen LogP contribution is 2.27. The van der Waals surface area contributed by atoms with Crippen molar-refractivity contribution in [3.8, 4) is 5.75 Å². The molecule has 0 aliphatic rings. The number of nitrogens with one attached hydrogen (secondary N) is 1. The number of aromatic nitrogens is 2. The second-order valence-electron chi connectivity index (χ2n) is 3.41. The molecule has 0 saturated carbocycles. The summed E-state index contributed by atoms with van der Waals surface area (Å²) in [6, 6.07) is 4.86. The Morgan fingerprint density at radius 3 is 2.89 bits per heavy atom. The monoisotopic (exact) mass is 301 g/mol. The first-order valence-corrected chi connectivity index (χ1v) is 5.89. The molecule has 0 radical (unpaired) electrons. The van der Waals surface area contributed by atoms with E-state index in [0.29, 0.717) is 15.8 Å². The lowest BCUT2D eigenvalue weighted by Gasteiger charge is -2.05. The average Bonchev–Trinajstić information content (AvgIpc) is 2.85. The van der Waals surface area contributed by atoms with Crippen molar-refractivity contribution in [3.05, 3.63) is 40.0 Å². The van der Waals surface area contributed by atoms with Gasteiger partial charge in [0, 0.05) is 5.02 Å². The van der Waals surface area contributed by atoms with E-state index >= 15 is 0 Å². The van der Waals surface area contributed by atoms with E-state index in [1.54, 1.807) is 18.2 Å². The second-order valence-corrected chi connectivity index (χ2v) is 4.25. The van der Waals surface area contributed by atoms with Crippen LogP contribution in [0.2, 0.25) is 10.0 Å². The molecule has 6 nitrogen and oxygen atoms in total. The fourth-order valence-electron chi connectivity index (χ4n) is 1.23. The van der Waals surface area contributed by atoms with Crippen molar-refractivity contribution >= 4 is 29.1 Å². The predicted octanol–water partition coefficient (Wildman–Crippen LogP) is 2.93. The van der Waals surface area contributed by atoms with E-state index in [1.807, 2.05) is 0 Å². The number of ether oxygens (including phenoxy) is 2. The molecule has 2 aromatic rings. The zero-order valence-corrected chi connectivity index (χ0v) is 11.3. The first-order chi connectivity index (χ1) is 9.10. The van der Waals surface area contributed by atoms with Crippen LogP contribution >= 0.6 is 23.2 Å². The largest absolute Gasteiger partial charge is 0.482 e. The smallest absolute Gasteiger partial charge is 0.265 e. The van der Waals surface area contributed by atoms with Gasteiger partial charge in [0.15, 0.2) is 6.61 Å². The van der Waals surface area contributed by atoms with Crippen molar-refractivity contribution in [1.82, 2.24) is 10.1 Å². The zero-order valence-electron chi connectivity index (χ0n) is 9.81. The van der Waals surface area contributed by atoms with Gasteiger partial charge in [0.1, 0.15) is 5.75 Å². The third kappa shape index (κ3) is 3.36. The number of methoxy groups -OCH3 is 1. The summed E-state index contributed by atoms with van der Waals surface area (Å²) in [5.74, 6) is 0.540. The number of hydrogen-bond donors (Lipinski definition) is 1. The standard InChI is InChI=1S/C11H9Cl2N3O3/c1-17-10(14)11-15-9(19-16-11)5-18-8-3-2-6(12)4-7(8)13/h2-4,14H,5H2,1H3. The van der Waals surface area contributed by atoms with Gasteiger partial charge >= 0.3 is 0 Å². The minimum Gasteiger partial charge on any atom is -0.482 e. The molecule has 0 atom stereocenters. The van der Waals surface area contributed by atoms with Crippen molar-refractivity contribution in [2.24, 2.45) is 0 Å². The average molecular weight is 302 g/mol. The number of hydrogen-bond acceptors (Lipinski definition) is 6. The SMILES string of the molecule is COC(=N)c1noc(COc2ccc(Cl)cc2Cl)n1. The van der Waals surface area contributed by atoms with Gasteiger partial charge in [-0.2, -0.15) is 4.98 Å². The van der Waals surface area contributed by atoms with Gasteiger partial charge in [-0.1, -0.05) is 28.4 Å². The normalized spacial score (nSPS) is 10.3. The molecule has 0 fully saturated rings. The molecule has 1 aromatic carbocycles. The van der Waals surface area contributed by atoms with Crippen LogP contribution in [0.1, 0.15) is 11.7 Å². The lowest BCUT2D eigenvalue weighted by molar-refractivity contribution is 0.242. The summed E-state index contributed by atoms with van der Waals surface area (Å²) < 4.78 is 15.0. The fourth-order valence-corrected chi connectivity index (χ4v) is 1.69. The molecule has 8 heteroatoms. The van der Waals surface area contributed by atoms with Crippen LogP contribution in [0.15, 0.2) is 22.7 Å². The highest BCUT2D eigenvalue weighted by Gasteiger charge is 2.12. The molecule has 19 heavy (non-hydrogen) atoms. The van der Waals surface area contributed by atoms with Gasteiger partial charge in [0.05, 0.1) is 12.1 Å². The molecular weight excluding hydrogens is 293 g/mol. The summed E-state index contributed by atoms with van der Waals surface area (Å²) in [4.78, 5) is 3.92. The molecule has 0 bridgehead atoms. The first kappa shape index (κ1) is 13.6. The molecule has 1 N–H and O–H groups in total. The third-order valence-corrected chi connectivity index (χ3v) is 2.65. The van der Waals surface area contributed by atoms with E-state index in [-0.39, 0.29) is 24.2 Å². The van der Waals surface area contributed by atoms with E-state index in [0.717, 1.165) is 0 Å². The Morgan fingerprint density at radius 2 is 2.21 bits per heavy atom. The lowest BCUT2D eigenvalue weighted by Crippen LogP contribution is -2.04. The van der Waals surface area contributed by atoms with Crippen molar-refractivity contribution in [2.75, 3.05) is 7.11 Å². The molecule has 100 valence electrons. The van der Waals surface area contributed by atoms with Crippen LogP contribution in [-0.4, -0.2) is 23.1 Å². The van der Waals surface area contributed by atoms with Crippen molar-refractivity contribution in [3.63, 3.8) is 0 Å². The maximum absolute atomic E-state index is 7.36. The van der Waals surface area contributed by atoms with Crippen LogP contribution < -0.4 is 4.74 Å². The summed E-state index contributed by atoms with van der Waals surface area (Å²) in [5, 5.41) is 11.8. The molecule has 1 aromatic heterocycles. The lowest BCUT2D eigenvalue weighted by atomic mass is 10.3. The molecule has 2 rings (SSSR count). The maximum atomic E-state index is 7.36. The quantitative estimate of drug-likeness (QED) is 0.693. The number of rotatable bonds is 4. The molecule has 0 aliphatic carbocycles. The molecule has 0 unspecified atom stereocenters. The van der Waals surface area contributed by atoms with Gasteiger partial charge in [-0.3, -0.25) is 5.41 Å². The summed E-state index contributed by atoms with van der Waals surface area (Å²) in [6.45, 7) is 0.0331. The molecule has 0 aliphatic heterocycles. The number of benzene rings is 1. The molecule has 0 spiro atoms. The van der Waals surface area contributed by atoms with E-state index in [9.17, 15) is 0 Å². The summed E-state index contributed by atoms with van der Waals surface area (Å²) in [7, 11) is 1.35. The van der Waals surface area contributed by atoms with Gasteiger partial charge in [-0.25, -0.2) is 0 Å². The van der Waals surface area contributed by atoms with Gasteiger partial charge in [0.2, 0.25) is 0 Å². The maximum Gasteiger partial charge on any atom is 0.265 e. The summed E-state index contributed by atoms with van der Waals surface area (Å²) >= 11 is 11.7. The van der Waals surface area contributed by atoms with Crippen molar-refractivity contribution in [1.29, 1.82) is 5.41 Å². The Kier molecular flexibility index (Phi) is 4.24. The minimum atomic E-state index is -0.181. The molecular formula is C11H9Cl2N3O3. The Balaban J connectivity index is 2.02. The third-order valence-electron chi connectivity index (χ3n) is 2.12. The van der Waals surface area contributed by atoms with Gasteiger partial charge in [-0.05, 0) is 18.2 Å². The van der Waals surface area contributed by atoms with E-state index < -0.39 is 0 Å². The van der Waals surface area contributed by atoms with E-state index in [1.165, 1.54) is 7.11 Å². The van der Waals surface area contributed by atoms with Crippen LogP contribution in [0, 0.1) is 5.41 Å². The Bertz CT molecular complexity index is 601. The van der Waals surface area contributed by atoms with Gasteiger partial charge < -0.3 is 14.0 Å². The predicted molar refractivity (Wildman–Crippen MR) is 68.9 cm³/mol. The fraction of sp³-hybridized carbons (Fsp3) is 0.182.